The molecule has 2 saturated carbocycles. The first-order chi connectivity index (χ1) is 17.3. The molecule has 1 heterocycles. The van der Waals surface area contributed by atoms with Crippen molar-refractivity contribution in [2.24, 2.45) is 5.92 Å². The molecule has 1 aromatic carbocycles. The van der Waals surface area contributed by atoms with Crippen LogP contribution in [0, 0.1) is 17.2 Å². The second-order valence-corrected chi connectivity index (χ2v) is 11.9. The van der Waals surface area contributed by atoms with Gasteiger partial charge in [0.15, 0.2) is 9.84 Å². The number of alkyl halides is 2. The Bertz CT molecular complexity index is 1160. The Hall–Kier alpha value is -2.69. The van der Waals surface area contributed by atoms with E-state index in [4.69, 9.17) is 31.4 Å². The Kier molecular flexibility index (Phi) is 8.87. The lowest BCUT2D eigenvalue weighted by Gasteiger charge is -2.40. The third-order valence-electron chi connectivity index (χ3n) is 6.40. The minimum atomic E-state index is -3.75. The molecule has 1 saturated heterocycles. The van der Waals surface area contributed by atoms with Crippen molar-refractivity contribution in [1.29, 1.82) is 5.26 Å². The lowest BCUT2D eigenvalue weighted by atomic mass is 10.0. The number of hydrogen-bond acceptors (Lipinski definition) is 7. The zero-order chi connectivity index (χ0) is 27.4. The predicted octanol–water partition coefficient (Wildman–Crippen LogP) is 3.10. The Morgan fingerprint density at radius 2 is 1.95 bits per heavy atom. The molecule has 0 aromatic heterocycles. The van der Waals surface area contributed by atoms with Gasteiger partial charge in [-0.15, -0.1) is 0 Å². The van der Waals surface area contributed by atoms with Gasteiger partial charge in [-0.1, -0.05) is 11.6 Å². The molecule has 0 unspecified atom stereocenters. The number of sulfone groups is 1. The summed E-state index contributed by atoms with van der Waals surface area (Å²) in [5.41, 5.74) is -0.730. The summed E-state index contributed by atoms with van der Waals surface area (Å²) >= 11 is 6.17. The number of nitrogens with zero attached hydrogens (tertiary/aromatic N) is 2. The molecule has 3 aliphatic rings. The molecule has 14 heteroatoms. The van der Waals surface area contributed by atoms with Crippen LogP contribution in [0.1, 0.15) is 32.1 Å². The number of carboxylic acid groups (broad SMARTS) is 1. The molecular formula is C23H28ClF2N3O7S. The average Bonchev–Trinajstić information content (AvgIpc) is 3.38. The maximum absolute atomic E-state index is 13.0. The van der Waals surface area contributed by atoms with E-state index in [1.54, 1.807) is 7.11 Å². The third-order valence-corrected chi connectivity index (χ3v) is 9.10. The summed E-state index contributed by atoms with van der Waals surface area (Å²) in [4.78, 5) is 23.3. The number of methoxy groups -OCH3 is 1. The molecule has 2 atom stereocenters. The van der Waals surface area contributed by atoms with Crippen molar-refractivity contribution in [3.8, 4) is 11.8 Å². The van der Waals surface area contributed by atoms with Gasteiger partial charge in [0, 0.05) is 19.1 Å². The summed E-state index contributed by atoms with van der Waals surface area (Å²) in [7, 11) is -2.21. The van der Waals surface area contributed by atoms with Gasteiger partial charge in [-0.2, -0.15) is 5.26 Å². The first-order valence-electron chi connectivity index (χ1n) is 11.6. The fraction of sp³-hybridized carbons (Fsp3) is 0.609. The Balaban J connectivity index is 0.000000356. The molecule has 2 amide bonds. The number of halogens is 3. The van der Waals surface area contributed by atoms with E-state index in [2.05, 4.69) is 5.32 Å². The smallest absolute Gasteiger partial charge is 0.405 e. The topological polar surface area (TPSA) is 146 Å². The van der Waals surface area contributed by atoms with Crippen LogP contribution in [0.4, 0.5) is 13.6 Å². The number of nitriles is 1. The van der Waals surface area contributed by atoms with Gasteiger partial charge in [0.1, 0.15) is 17.9 Å². The van der Waals surface area contributed by atoms with Crippen molar-refractivity contribution < 1.29 is 41.4 Å². The molecule has 2 N–H and O–H groups in total. The second kappa shape index (κ2) is 11.4. The first kappa shape index (κ1) is 28.9. The van der Waals surface area contributed by atoms with E-state index in [0.29, 0.717) is 44.6 Å². The van der Waals surface area contributed by atoms with Crippen molar-refractivity contribution in [2.75, 3.05) is 33.4 Å². The average molecular weight is 564 g/mol. The largest absolute Gasteiger partial charge is 0.491 e. The van der Waals surface area contributed by atoms with Gasteiger partial charge in [-0.25, -0.2) is 22.0 Å². The maximum Gasteiger partial charge on any atom is 0.405 e. The summed E-state index contributed by atoms with van der Waals surface area (Å²) in [6, 6.07) is 6.24. The maximum atomic E-state index is 13.0. The standard InChI is InChI=1S/C18H22ClF2NO5S.C5H6N2O2/c1-26-6-7-27-13-3-5-16(15(19)9-13)28(24,25)14-4-2-12(8-14)17(23)22-10-18(20,21)11-22;6-3-5(1-2-5)7-4(8)9/h3,5,9,12,14H,2,4,6-8,10-11H2,1H3;7H,1-2H2,(H,8,9)/t12-,14-;/m1./s1. The number of benzene rings is 1. The highest BCUT2D eigenvalue weighted by molar-refractivity contribution is 7.92. The van der Waals surface area contributed by atoms with Crippen LogP contribution >= 0.6 is 11.6 Å². The van der Waals surface area contributed by atoms with Crippen LogP contribution in [0.15, 0.2) is 23.1 Å². The molecule has 3 fully saturated rings. The number of hydrogen-bond donors (Lipinski definition) is 2. The highest BCUT2D eigenvalue weighted by Gasteiger charge is 2.49. The number of ether oxygens (including phenoxy) is 2. The molecule has 1 aliphatic heterocycles. The molecule has 204 valence electrons. The van der Waals surface area contributed by atoms with Gasteiger partial charge in [0.05, 0.1) is 40.9 Å². The predicted molar refractivity (Wildman–Crippen MR) is 127 cm³/mol. The zero-order valence-corrected chi connectivity index (χ0v) is 21.7. The van der Waals surface area contributed by atoms with Crippen LogP contribution in [0.5, 0.6) is 5.75 Å². The van der Waals surface area contributed by atoms with Crippen molar-refractivity contribution in [3.63, 3.8) is 0 Å². The van der Waals surface area contributed by atoms with Gasteiger partial charge < -0.3 is 24.8 Å². The molecule has 2 aliphatic carbocycles. The minimum Gasteiger partial charge on any atom is -0.491 e. The van der Waals surface area contributed by atoms with E-state index in [-0.39, 0.29) is 16.3 Å². The number of carbonyl (C=O) groups is 2. The van der Waals surface area contributed by atoms with Gasteiger partial charge in [0.2, 0.25) is 5.91 Å². The Labute approximate surface area is 218 Å². The van der Waals surface area contributed by atoms with Gasteiger partial charge >= 0.3 is 6.09 Å². The number of carbonyl (C=O) groups excluding carboxylic acids is 1. The minimum absolute atomic E-state index is 0.0122. The van der Waals surface area contributed by atoms with Crippen molar-refractivity contribution in [1.82, 2.24) is 10.2 Å². The third kappa shape index (κ3) is 7.21. The molecule has 1 aromatic rings. The fourth-order valence-corrected chi connectivity index (χ4v) is 6.56. The van der Waals surface area contributed by atoms with E-state index >= 15 is 0 Å². The summed E-state index contributed by atoms with van der Waals surface area (Å²) < 4.78 is 62.2. The van der Waals surface area contributed by atoms with Gasteiger partial charge in [-0.3, -0.25) is 4.79 Å². The molecule has 10 nitrogen and oxygen atoms in total. The SMILES string of the molecule is COCCOc1ccc(S(=O)(=O)[C@@H]2CC[C@@H](C(=O)N3CC(F)(F)C3)C2)c(Cl)c1.N#CC1(NC(=O)O)CC1. The van der Waals surface area contributed by atoms with E-state index in [1.807, 2.05) is 6.07 Å². The van der Waals surface area contributed by atoms with Crippen LogP contribution < -0.4 is 10.1 Å². The van der Waals surface area contributed by atoms with Gasteiger partial charge in [-0.05, 0) is 44.2 Å². The number of amides is 2. The number of likely N-dealkylation sites (tertiary alicyclic amines) is 1. The van der Waals surface area contributed by atoms with Crippen LogP contribution in [0.2, 0.25) is 5.02 Å². The Morgan fingerprint density at radius 3 is 2.43 bits per heavy atom. The first-order valence-corrected chi connectivity index (χ1v) is 13.5. The van der Waals surface area contributed by atoms with Crippen LogP contribution in [-0.4, -0.2) is 80.5 Å². The molecule has 37 heavy (non-hydrogen) atoms. The molecule has 0 spiro atoms. The number of nitrogens with one attached hydrogen (secondary N) is 1. The molecule has 0 bridgehead atoms. The summed E-state index contributed by atoms with van der Waals surface area (Å²) in [5, 5.41) is 17.9. The molecule has 0 radical (unpaired) electrons. The van der Waals surface area contributed by atoms with E-state index in [1.165, 1.54) is 18.2 Å². The Morgan fingerprint density at radius 1 is 1.27 bits per heavy atom. The van der Waals surface area contributed by atoms with Crippen LogP contribution in [0.25, 0.3) is 0 Å². The summed E-state index contributed by atoms with van der Waals surface area (Å²) in [6.07, 6.45) is 0.956. The van der Waals surface area contributed by atoms with E-state index in [0.717, 1.165) is 4.90 Å². The fourth-order valence-electron chi connectivity index (χ4n) is 4.19. The quantitative estimate of drug-likeness (QED) is 0.459. The molecule has 4 rings (SSSR count). The lowest BCUT2D eigenvalue weighted by Crippen LogP contribution is -2.59. The van der Waals surface area contributed by atoms with Crippen LogP contribution in [-0.2, 0) is 19.4 Å². The highest BCUT2D eigenvalue weighted by atomic mass is 35.5. The van der Waals surface area contributed by atoms with Gasteiger partial charge in [0.25, 0.3) is 5.92 Å². The van der Waals surface area contributed by atoms with Crippen molar-refractivity contribution in [3.05, 3.63) is 23.2 Å². The number of rotatable bonds is 8. The summed E-state index contributed by atoms with van der Waals surface area (Å²) in [5.74, 6) is -3.34. The van der Waals surface area contributed by atoms with E-state index < -0.39 is 57.6 Å². The normalized spacial score (nSPS) is 23.1. The molecular weight excluding hydrogens is 536 g/mol. The zero-order valence-electron chi connectivity index (χ0n) is 20.1. The van der Waals surface area contributed by atoms with Crippen LogP contribution in [0.3, 0.4) is 0 Å². The summed E-state index contributed by atoms with van der Waals surface area (Å²) in [6.45, 7) is -0.481. The highest BCUT2D eigenvalue weighted by Crippen LogP contribution is 2.39. The second-order valence-electron chi connectivity index (χ2n) is 9.28. The monoisotopic (exact) mass is 563 g/mol. The van der Waals surface area contributed by atoms with E-state index in [9.17, 15) is 26.8 Å². The van der Waals surface area contributed by atoms with Crippen molar-refractivity contribution >= 4 is 33.4 Å². The van der Waals surface area contributed by atoms with Crippen molar-refractivity contribution in [2.45, 2.75) is 53.7 Å². The lowest BCUT2D eigenvalue weighted by molar-refractivity contribution is -0.169.